The Kier molecular flexibility index (Phi) is 5.79. The monoisotopic (exact) mass is 393 g/mol. The third-order valence-electron chi connectivity index (χ3n) is 4.90. The molecule has 5 nitrogen and oxygen atoms in total. The van der Waals surface area contributed by atoms with Crippen molar-refractivity contribution in [2.45, 2.75) is 37.5 Å². The summed E-state index contributed by atoms with van der Waals surface area (Å²) in [7, 11) is 0. The quantitative estimate of drug-likeness (QED) is 0.732. The van der Waals surface area contributed by atoms with Crippen LogP contribution in [-0.4, -0.2) is 34.6 Å². The van der Waals surface area contributed by atoms with Gasteiger partial charge >= 0.3 is 6.43 Å². The molecule has 1 amide bonds. The normalized spacial score (nSPS) is 15.3. The lowest BCUT2D eigenvalue weighted by Gasteiger charge is -2.42. The number of hydrogen-bond acceptors (Lipinski definition) is 4. The molecule has 0 saturated heterocycles. The van der Waals surface area contributed by atoms with E-state index in [4.69, 9.17) is 11.6 Å². The predicted molar refractivity (Wildman–Crippen MR) is 96.1 cm³/mol. The molecule has 27 heavy (non-hydrogen) atoms. The molecule has 1 aromatic heterocycles. The average molecular weight is 394 g/mol. The van der Waals surface area contributed by atoms with Gasteiger partial charge in [0.1, 0.15) is 5.82 Å². The molecule has 1 saturated carbocycles. The fourth-order valence-electron chi connectivity index (χ4n) is 3.28. The zero-order valence-corrected chi connectivity index (χ0v) is 15.2. The molecule has 0 radical (unpaired) electrons. The molecule has 142 valence electrons. The van der Waals surface area contributed by atoms with Crippen molar-refractivity contribution in [2.24, 2.45) is 0 Å². The molecule has 0 unspecified atom stereocenters. The van der Waals surface area contributed by atoms with E-state index in [1.165, 1.54) is 12.4 Å². The molecule has 0 bridgehead atoms. The van der Waals surface area contributed by atoms with Gasteiger partial charge in [-0.05, 0) is 24.5 Å². The summed E-state index contributed by atoms with van der Waals surface area (Å²) in [5.41, 5.74) is 1.14. The molecule has 8 heteroatoms. The van der Waals surface area contributed by atoms with Crippen LogP contribution in [0.1, 0.15) is 41.0 Å². The molecule has 3 rings (SSSR count). The van der Waals surface area contributed by atoms with E-state index in [9.17, 15) is 18.4 Å². The zero-order chi connectivity index (χ0) is 19.4. The SMILES string of the molecule is O=C(CNC(=O)C(F)F)c1cnc(CC2(c3ccccc3Cl)CCC2)nc1. The minimum atomic E-state index is -3.15. The number of ketones is 1. The molecule has 2 aromatic rings. The predicted octanol–water partition coefficient (Wildman–Crippen LogP) is 3.36. The molecular formula is C19H18ClF2N3O2. The van der Waals surface area contributed by atoms with Crippen molar-refractivity contribution in [2.75, 3.05) is 6.54 Å². The van der Waals surface area contributed by atoms with Crippen LogP contribution in [-0.2, 0) is 16.6 Å². The topological polar surface area (TPSA) is 72.0 Å². The summed E-state index contributed by atoms with van der Waals surface area (Å²) < 4.78 is 24.3. The zero-order valence-electron chi connectivity index (χ0n) is 14.4. The van der Waals surface area contributed by atoms with Crippen LogP contribution in [0.25, 0.3) is 0 Å². The second-order valence-electron chi connectivity index (χ2n) is 6.62. The Morgan fingerprint density at radius 1 is 1.19 bits per heavy atom. The molecule has 1 N–H and O–H groups in total. The molecule has 1 heterocycles. The van der Waals surface area contributed by atoms with Gasteiger partial charge in [0, 0.05) is 29.3 Å². The second kappa shape index (κ2) is 8.08. The number of benzene rings is 1. The van der Waals surface area contributed by atoms with Gasteiger partial charge in [-0.1, -0.05) is 36.2 Å². The number of alkyl halides is 2. The standard InChI is InChI=1S/C19H18ClF2N3O2/c20-14-5-2-1-4-13(14)19(6-3-7-19)8-16-23-9-12(10-24-16)15(26)11-25-18(27)17(21)22/h1-2,4-5,9-10,17H,3,6-8,11H2,(H,25,27). The largest absolute Gasteiger partial charge is 0.344 e. The Morgan fingerprint density at radius 2 is 1.85 bits per heavy atom. The first-order valence-electron chi connectivity index (χ1n) is 8.56. The van der Waals surface area contributed by atoms with Crippen LogP contribution in [0.2, 0.25) is 5.02 Å². The lowest BCUT2D eigenvalue weighted by molar-refractivity contribution is -0.131. The number of nitrogens with one attached hydrogen (secondary N) is 1. The Bertz CT molecular complexity index is 839. The summed E-state index contributed by atoms with van der Waals surface area (Å²) >= 11 is 6.36. The highest BCUT2D eigenvalue weighted by molar-refractivity contribution is 6.31. The average Bonchev–Trinajstić information content (AvgIpc) is 2.63. The fourth-order valence-corrected chi connectivity index (χ4v) is 3.61. The summed E-state index contributed by atoms with van der Waals surface area (Å²) in [4.78, 5) is 31.3. The highest BCUT2D eigenvalue weighted by Gasteiger charge is 2.40. The van der Waals surface area contributed by atoms with E-state index < -0.39 is 24.7 Å². The Morgan fingerprint density at radius 3 is 2.41 bits per heavy atom. The van der Waals surface area contributed by atoms with Crippen LogP contribution < -0.4 is 5.32 Å². The van der Waals surface area contributed by atoms with E-state index in [2.05, 4.69) is 9.97 Å². The lowest BCUT2D eigenvalue weighted by atomic mass is 9.62. The van der Waals surface area contributed by atoms with Crippen LogP contribution in [0.5, 0.6) is 0 Å². The maximum atomic E-state index is 12.1. The Balaban J connectivity index is 1.68. The van der Waals surface area contributed by atoms with Crippen LogP contribution in [0, 0.1) is 0 Å². The van der Waals surface area contributed by atoms with Crippen molar-refractivity contribution in [3.63, 3.8) is 0 Å². The van der Waals surface area contributed by atoms with Crippen molar-refractivity contribution in [1.82, 2.24) is 15.3 Å². The molecule has 1 aromatic carbocycles. The number of Topliss-reactive ketones (excluding diaryl/α,β-unsaturated/α-hetero) is 1. The van der Waals surface area contributed by atoms with Crippen molar-refractivity contribution in [3.8, 4) is 0 Å². The van der Waals surface area contributed by atoms with Crippen LogP contribution >= 0.6 is 11.6 Å². The number of rotatable bonds is 7. The number of carbonyl (C=O) groups excluding carboxylic acids is 2. The van der Waals surface area contributed by atoms with E-state index >= 15 is 0 Å². The van der Waals surface area contributed by atoms with Gasteiger partial charge in [0.15, 0.2) is 5.78 Å². The van der Waals surface area contributed by atoms with Gasteiger partial charge < -0.3 is 5.32 Å². The van der Waals surface area contributed by atoms with Crippen LogP contribution in [0.4, 0.5) is 8.78 Å². The van der Waals surface area contributed by atoms with Crippen LogP contribution in [0.3, 0.4) is 0 Å². The maximum absolute atomic E-state index is 12.1. The molecule has 1 aliphatic carbocycles. The van der Waals surface area contributed by atoms with Gasteiger partial charge in [0.2, 0.25) is 0 Å². The van der Waals surface area contributed by atoms with Crippen molar-refractivity contribution >= 4 is 23.3 Å². The summed E-state index contributed by atoms with van der Waals surface area (Å²) in [6.45, 7) is -0.518. The fraction of sp³-hybridized carbons (Fsp3) is 0.368. The second-order valence-corrected chi connectivity index (χ2v) is 7.03. The molecule has 0 spiro atoms. The molecular weight excluding hydrogens is 376 g/mol. The van der Waals surface area contributed by atoms with Crippen LogP contribution in [0.15, 0.2) is 36.7 Å². The van der Waals surface area contributed by atoms with E-state index in [0.717, 1.165) is 29.8 Å². The summed E-state index contributed by atoms with van der Waals surface area (Å²) in [5, 5.41) is 2.59. The summed E-state index contributed by atoms with van der Waals surface area (Å²) in [6.07, 6.45) is 3.25. The van der Waals surface area contributed by atoms with Crippen molar-refractivity contribution < 1.29 is 18.4 Å². The summed E-state index contributed by atoms with van der Waals surface area (Å²) in [6, 6.07) is 7.73. The molecule has 1 fully saturated rings. The molecule has 0 atom stereocenters. The smallest absolute Gasteiger partial charge is 0.315 e. The Hall–Kier alpha value is -2.41. The Labute approximate surface area is 160 Å². The van der Waals surface area contributed by atoms with E-state index in [-0.39, 0.29) is 11.0 Å². The number of nitrogens with zero attached hydrogens (tertiary/aromatic N) is 2. The highest BCUT2D eigenvalue weighted by atomic mass is 35.5. The number of carbonyl (C=O) groups is 2. The number of aromatic nitrogens is 2. The first kappa shape index (κ1) is 19.4. The van der Waals surface area contributed by atoms with E-state index in [0.29, 0.717) is 12.2 Å². The molecule has 0 aliphatic heterocycles. The van der Waals surface area contributed by atoms with E-state index in [1.54, 1.807) is 0 Å². The van der Waals surface area contributed by atoms with Gasteiger partial charge in [-0.3, -0.25) is 9.59 Å². The number of amides is 1. The van der Waals surface area contributed by atoms with Crippen molar-refractivity contribution in [1.29, 1.82) is 0 Å². The van der Waals surface area contributed by atoms with Gasteiger partial charge in [-0.15, -0.1) is 0 Å². The molecule has 1 aliphatic rings. The minimum absolute atomic E-state index is 0.102. The third kappa shape index (κ3) is 4.30. The number of hydrogen-bond donors (Lipinski definition) is 1. The maximum Gasteiger partial charge on any atom is 0.315 e. The number of halogens is 3. The minimum Gasteiger partial charge on any atom is -0.344 e. The summed E-state index contributed by atoms with van der Waals surface area (Å²) in [5.74, 6) is -1.42. The highest BCUT2D eigenvalue weighted by Crippen LogP contribution is 2.47. The van der Waals surface area contributed by atoms with Gasteiger partial charge in [0.05, 0.1) is 12.1 Å². The third-order valence-corrected chi connectivity index (χ3v) is 5.23. The van der Waals surface area contributed by atoms with Gasteiger partial charge in [0.25, 0.3) is 5.91 Å². The first-order chi connectivity index (χ1) is 12.9. The lowest BCUT2D eigenvalue weighted by Crippen LogP contribution is -2.37. The first-order valence-corrected chi connectivity index (χ1v) is 8.94. The van der Waals surface area contributed by atoms with Gasteiger partial charge in [-0.25, -0.2) is 9.97 Å². The van der Waals surface area contributed by atoms with Crippen molar-refractivity contribution in [3.05, 3.63) is 58.6 Å². The van der Waals surface area contributed by atoms with Gasteiger partial charge in [-0.2, -0.15) is 8.78 Å². The van der Waals surface area contributed by atoms with E-state index in [1.807, 2.05) is 29.6 Å².